The number of nitrogens with one attached hydrogen (secondary N) is 2. The Balaban J connectivity index is 0.00000182. The van der Waals surface area contributed by atoms with E-state index in [1.165, 1.54) is 0 Å². The van der Waals surface area contributed by atoms with Gasteiger partial charge in [0.2, 0.25) is 0 Å². The van der Waals surface area contributed by atoms with Crippen molar-refractivity contribution in [1.29, 1.82) is 0 Å². The standard InChI is InChI=1S/C19H19N3O2.ClH/c23-19(14-4-2-1-3-5-14)21-16-12-15-6-11-24-18(15)17(13-16)22-9-7-20-8-10-22;/h1-6,11-13,20H,7-10H2,(H,21,23);1H. The number of nitrogens with zero attached hydrogens (tertiary/aromatic N) is 1. The predicted octanol–water partition coefficient (Wildman–Crippen LogP) is 3.52. The summed E-state index contributed by atoms with van der Waals surface area (Å²) < 4.78 is 5.67. The Morgan fingerprint density at radius 1 is 1.08 bits per heavy atom. The molecule has 4 rings (SSSR count). The lowest BCUT2D eigenvalue weighted by Gasteiger charge is -2.29. The number of furan rings is 1. The molecular weight excluding hydrogens is 338 g/mol. The summed E-state index contributed by atoms with van der Waals surface area (Å²) >= 11 is 0. The van der Waals surface area contributed by atoms with Gasteiger partial charge < -0.3 is 20.0 Å². The topological polar surface area (TPSA) is 57.5 Å². The zero-order valence-corrected chi connectivity index (χ0v) is 14.5. The maximum absolute atomic E-state index is 12.4. The van der Waals surface area contributed by atoms with Crippen molar-refractivity contribution in [3.8, 4) is 0 Å². The van der Waals surface area contributed by atoms with Crippen LogP contribution in [0, 0.1) is 0 Å². The summed E-state index contributed by atoms with van der Waals surface area (Å²) in [7, 11) is 0. The molecule has 0 unspecified atom stereocenters. The number of rotatable bonds is 3. The number of carbonyl (C=O) groups excluding carboxylic acids is 1. The normalized spacial score (nSPS) is 14.2. The Labute approximate surface area is 152 Å². The Morgan fingerprint density at radius 2 is 1.84 bits per heavy atom. The molecule has 2 aromatic carbocycles. The second-order valence-corrected chi connectivity index (χ2v) is 5.89. The molecule has 0 radical (unpaired) electrons. The molecule has 0 atom stereocenters. The number of amides is 1. The second kappa shape index (κ2) is 7.59. The van der Waals surface area contributed by atoms with Crippen molar-refractivity contribution in [2.24, 2.45) is 0 Å². The van der Waals surface area contributed by atoms with Crippen LogP contribution in [-0.4, -0.2) is 32.1 Å². The van der Waals surface area contributed by atoms with Crippen molar-refractivity contribution in [1.82, 2.24) is 5.32 Å². The number of carbonyl (C=O) groups is 1. The molecule has 2 N–H and O–H groups in total. The maximum Gasteiger partial charge on any atom is 0.255 e. The summed E-state index contributed by atoms with van der Waals surface area (Å²) in [4.78, 5) is 14.7. The Bertz CT molecular complexity index is 857. The summed E-state index contributed by atoms with van der Waals surface area (Å²) in [5.41, 5.74) is 3.33. The van der Waals surface area contributed by atoms with E-state index < -0.39 is 0 Å². The molecule has 2 heterocycles. The number of halogens is 1. The van der Waals surface area contributed by atoms with E-state index in [0.717, 1.165) is 48.5 Å². The van der Waals surface area contributed by atoms with Gasteiger partial charge in [0.05, 0.1) is 12.0 Å². The number of hydrogen-bond acceptors (Lipinski definition) is 4. The third kappa shape index (κ3) is 3.62. The van der Waals surface area contributed by atoms with Crippen LogP contribution >= 0.6 is 12.4 Å². The first-order chi connectivity index (χ1) is 11.8. The zero-order valence-electron chi connectivity index (χ0n) is 13.7. The van der Waals surface area contributed by atoms with Gasteiger partial charge in [0.1, 0.15) is 0 Å². The van der Waals surface area contributed by atoms with Gasteiger partial charge in [-0.05, 0) is 30.3 Å². The fraction of sp³-hybridized carbons (Fsp3) is 0.211. The lowest BCUT2D eigenvalue weighted by molar-refractivity contribution is 0.102. The number of benzene rings is 2. The van der Waals surface area contributed by atoms with Gasteiger partial charge >= 0.3 is 0 Å². The molecule has 1 aromatic heterocycles. The summed E-state index contributed by atoms with van der Waals surface area (Å²) in [5.74, 6) is -0.107. The van der Waals surface area contributed by atoms with Gasteiger partial charge in [0.15, 0.2) is 5.58 Å². The highest BCUT2D eigenvalue weighted by Gasteiger charge is 2.17. The lowest BCUT2D eigenvalue weighted by atomic mass is 10.1. The fourth-order valence-electron chi connectivity index (χ4n) is 3.07. The van der Waals surface area contributed by atoms with Gasteiger partial charge in [-0.2, -0.15) is 0 Å². The number of anilines is 2. The van der Waals surface area contributed by atoms with Crippen LogP contribution in [0.3, 0.4) is 0 Å². The number of hydrogen-bond donors (Lipinski definition) is 2. The fourth-order valence-corrected chi connectivity index (χ4v) is 3.07. The SMILES string of the molecule is Cl.O=C(Nc1cc(N2CCNCC2)c2occc2c1)c1ccccc1. The quantitative estimate of drug-likeness (QED) is 0.753. The third-order valence-electron chi connectivity index (χ3n) is 4.28. The van der Waals surface area contributed by atoms with Crippen molar-refractivity contribution in [3.05, 3.63) is 60.4 Å². The maximum atomic E-state index is 12.4. The van der Waals surface area contributed by atoms with E-state index in [1.54, 1.807) is 6.26 Å². The van der Waals surface area contributed by atoms with Crippen molar-refractivity contribution in [2.45, 2.75) is 0 Å². The molecular formula is C19H20ClN3O2. The molecule has 1 aliphatic rings. The van der Waals surface area contributed by atoms with E-state index in [2.05, 4.69) is 15.5 Å². The minimum Gasteiger partial charge on any atom is -0.462 e. The molecule has 1 saturated heterocycles. The van der Waals surface area contributed by atoms with Crippen molar-refractivity contribution in [2.75, 3.05) is 36.4 Å². The van der Waals surface area contributed by atoms with E-state index in [4.69, 9.17) is 4.42 Å². The molecule has 130 valence electrons. The highest BCUT2D eigenvalue weighted by molar-refractivity contribution is 6.06. The third-order valence-corrected chi connectivity index (χ3v) is 4.28. The van der Waals surface area contributed by atoms with Gasteiger partial charge in [0, 0.05) is 42.8 Å². The van der Waals surface area contributed by atoms with E-state index in [-0.39, 0.29) is 18.3 Å². The van der Waals surface area contributed by atoms with Gasteiger partial charge in [0.25, 0.3) is 5.91 Å². The Morgan fingerprint density at radius 3 is 2.60 bits per heavy atom. The monoisotopic (exact) mass is 357 g/mol. The predicted molar refractivity (Wildman–Crippen MR) is 103 cm³/mol. The molecule has 6 heteroatoms. The van der Waals surface area contributed by atoms with Crippen LogP contribution in [0.1, 0.15) is 10.4 Å². The van der Waals surface area contributed by atoms with Crippen LogP contribution in [0.4, 0.5) is 11.4 Å². The molecule has 5 nitrogen and oxygen atoms in total. The van der Waals surface area contributed by atoms with Crippen LogP contribution in [0.15, 0.2) is 59.2 Å². The second-order valence-electron chi connectivity index (χ2n) is 5.89. The highest BCUT2D eigenvalue weighted by Crippen LogP contribution is 2.32. The van der Waals surface area contributed by atoms with Gasteiger partial charge in [-0.25, -0.2) is 0 Å². The summed E-state index contributed by atoms with van der Waals surface area (Å²) in [6, 6.07) is 15.1. The highest BCUT2D eigenvalue weighted by atomic mass is 35.5. The van der Waals surface area contributed by atoms with Crippen molar-refractivity contribution < 1.29 is 9.21 Å². The first-order valence-corrected chi connectivity index (χ1v) is 8.14. The van der Waals surface area contributed by atoms with Gasteiger partial charge in [-0.3, -0.25) is 4.79 Å². The number of piperazine rings is 1. The Hall–Kier alpha value is -2.50. The molecule has 3 aromatic rings. The zero-order chi connectivity index (χ0) is 16.4. The molecule has 0 bridgehead atoms. The molecule has 0 saturated carbocycles. The van der Waals surface area contributed by atoms with Gasteiger partial charge in [-0.1, -0.05) is 18.2 Å². The van der Waals surface area contributed by atoms with Crippen LogP contribution in [-0.2, 0) is 0 Å². The summed E-state index contributed by atoms with van der Waals surface area (Å²) in [6.07, 6.45) is 1.69. The minimum absolute atomic E-state index is 0. The first kappa shape index (κ1) is 17.3. The molecule has 0 aliphatic carbocycles. The first-order valence-electron chi connectivity index (χ1n) is 8.14. The summed E-state index contributed by atoms with van der Waals surface area (Å²) in [5, 5.41) is 7.34. The molecule has 1 amide bonds. The molecule has 0 spiro atoms. The summed E-state index contributed by atoms with van der Waals surface area (Å²) in [6.45, 7) is 3.74. The molecule has 1 fully saturated rings. The van der Waals surface area contributed by atoms with E-state index in [9.17, 15) is 4.79 Å². The molecule has 1 aliphatic heterocycles. The van der Waals surface area contributed by atoms with E-state index >= 15 is 0 Å². The van der Waals surface area contributed by atoms with Crippen LogP contribution in [0.5, 0.6) is 0 Å². The van der Waals surface area contributed by atoms with Crippen LogP contribution in [0.25, 0.3) is 11.0 Å². The number of fused-ring (bicyclic) bond motifs is 1. The Kier molecular flexibility index (Phi) is 5.26. The van der Waals surface area contributed by atoms with Crippen LogP contribution < -0.4 is 15.5 Å². The van der Waals surface area contributed by atoms with E-state index in [1.807, 2.05) is 48.5 Å². The van der Waals surface area contributed by atoms with Crippen molar-refractivity contribution in [3.63, 3.8) is 0 Å². The van der Waals surface area contributed by atoms with Crippen LogP contribution in [0.2, 0.25) is 0 Å². The van der Waals surface area contributed by atoms with Gasteiger partial charge in [-0.15, -0.1) is 12.4 Å². The molecule has 25 heavy (non-hydrogen) atoms. The van der Waals surface area contributed by atoms with E-state index in [0.29, 0.717) is 5.56 Å². The smallest absolute Gasteiger partial charge is 0.255 e. The minimum atomic E-state index is -0.107. The lowest BCUT2D eigenvalue weighted by Crippen LogP contribution is -2.43. The average molecular weight is 358 g/mol. The largest absolute Gasteiger partial charge is 0.462 e. The average Bonchev–Trinajstić information content (AvgIpc) is 3.11. The van der Waals surface area contributed by atoms with Crippen molar-refractivity contribution >= 4 is 40.7 Å².